The molecule has 0 fully saturated rings. The van der Waals surface area contributed by atoms with Crippen LogP contribution in [0.3, 0.4) is 0 Å². The van der Waals surface area contributed by atoms with Crippen LogP contribution in [0.4, 0.5) is 5.69 Å². The van der Waals surface area contributed by atoms with E-state index in [-0.39, 0.29) is 18.7 Å². The highest BCUT2D eigenvalue weighted by atomic mass is 16.6. The fraction of sp³-hybridized carbons (Fsp3) is 0.300. The number of carbonyl (C=O) groups is 1. The summed E-state index contributed by atoms with van der Waals surface area (Å²) in [7, 11) is 0. The number of carbonyl (C=O) groups excluding carboxylic acids is 1. The normalized spacial score (nSPS) is 10.9. The molecule has 5 nitrogen and oxygen atoms in total. The van der Waals surface area contributed by atoms with E-state index in [1.54, 1.807) is 32.2 Å². The number of nitrogens with zero attached hydrogens (tertiary/aromatic N) is 1. The Bertz CT molecular complexity index is 708. The van der Waals surface area contributed by atoms with Gasteiger partial charge in [0.1, 0.15) is 11.5 Å². The third-order valence-electron chi connectivity index (χ3n) is 3.10. The zero-order valence-corrected chi connectivity index (χ0v) is 14.8. The van der Waals surface area contributed by atoms with Crippen molar-refractivity contribution < 1.29 is 19.0 Å². The lowest BCUT2D eigenvalue weighted by atomic mass is 10.2. The van der Waals surface area contributed by atoms with Crippen LogP contribution in [-0.4, -0.2) is 31.5 Å². The first kappa shape index (κ1) is 18.5. The minimum atomic E-state index is -0.380. The van der Waals surface area contributed by atoms with E-state index < -0.39 is 0 Å². The summed E-state index contributed by atoms with van der Waals surface area (Å²) >= 11 is 0. The molecule has 0 aliphatic rings. The Balaban J connectivity index is 1.91. The second kappa shape index (κ2) is 9.47. The maximum atomic E-state index is 11.4. The van der Waals surface area contributed by atoms with Crippen molar-refractivity contribution in [1.29, 1.82) is 0 Å². The number of hydrogen-bond acceptors (Lipinski definition) is 5. The molecule has 0 atom stereocenters. The Morgan fingerprint density at radius 3 is 2.52 bits per heavy atom. The molecule has 2 rings (SSSR count). The van der Waals surface area contributed by atoms with Gasteiger partial charge in [0.15, 0.2) is 6.61 Å². The van der Waals surface area contributed by atoms with E-state index in [1.807, 2.05) is 43.3 Å². The molecular formula is C20H23NO4. The van der Waals surface area contributed by atoms with Gasteiger partial charge in [0.2, 0.25) is 0 Å². The van der Waals surface area contributed by atoms with Gasteiger partial charge in [0, 0.05) is 12.3 Å². The number of benzene rings is 2. The zero-order valence-electron chi connectivity index (χ0n) is 14.8. The van der Waals surface area contributed by atoms with E-state index in [1.165, 1.54) is 0 Å². The van der Waals surface area contributed by atoms with Gasteiger partial charge in [-0.05, 0) is 62.7 Å². The van der Waals surface area contributed by atoms with Crippen LogP contribution in [0.1, 0.15) is 26.3 Å². The van der Waals surface area contributed by atoms with Crippen molar-refractivity contribution in [3.8, 4) is 11.5 Å². The zero-order chi connectivity index (χ0) is 18.1. The van der Waals surface area contributed by atoms with Crippen molar-refractivity contribution in [1.82, 2.24) is 0 Å². The van der Waals surface area contributed by atoms with Gasteiger partial charge in [0.25, 0.3) is 0 Å². The number of hydrogen-bond donors (Lipinski definition) is 0. The second-order valence-electron chi connectivity index (χ2n) is 5.58. The molecule has 0 N–H and O–H groups in total. The minimum Gasteiger partial charge on any atom is -0.494 e. The first-order valence-electron chi connectivity index (χ1n) is 8.26. The van der Waals surface area contributed by atoms with Crippen LogP contribution in [-0.2, 0) is 9.53 Å². The summed E-state index contributed by atoms with van der Waals surface area (Å²) in [6.45, 7) is 6.07. The Morgan fingerprint density at radius 1 is 1.08 bits per heavy atom. The van der Waals surface area contributed by atoms with Gasteiger partial charge in [-0.1, -0.05) is 6.07 Å². The molecule has 0 aromatic heterocycles. The lowest BCUT2D eigenvalue weighted by Crippen LogP contribution is -2.18. The van der Waals surface area contributed by atoms with Crippen molar-refractivity contribution in [3.63, 3.8) is 0 Å². The van der Waals surface area contributed by atoms with Crippen LogP contribution in [0, 0.1) is 0 Å². The third-order valence-corrected chi connectivity index (χ3v) is 3.10. The van der Waals surface area contributed by atoms with Gasteiger partial charge in [-0.3, -0.25) is 4.99 Å². The summed E-state index contributed by atoms with van der Waals surface area (Å²) in [6.07, 6.45) is 1.62. The van der Waals surface area contributed by atoms with Crippen molar-refractivity contribution >= 4 is 17.9 Å². The van der Waals surface area contributed by atoms with Gasteiger partial charge >= 0.3 is 5.97 Å². The minimum absolute atomic E-state index is 0.101. The lowest BCUT2D eigenvalue weighted by Gasteiger charge is -2.09. The Kier molecular flexibility index (Phi) is 7.01. The fourth-order valence-corrected chi connectivity index (χ4v) is 2.06. The molecule has 0 heterocycles. The first-order chi connectivity index (χ1) is 12.1. The number of rotatable bonds is 8. The molecule has 0 amide bonds. The highest BCUT2D eigenvalue weighted by Crippen LogP contribution is 2.20. The topological polar surface area (TPSA) is 57.1 Å². The molecular weight excluding hydrogens is 318 g/mol. The second-order valence-corrected chi connectivity index (χ2v) is 5.58. The van der Waals surface area contributed by atoms with Gasteiger partial charge in [0.05, 0.1) is 18.4 Å². The molecule has 0 aliphatic carbocycles. The lowest BCUT2D eigenvalue weighted by molar-refractivity contribution is -0.149. The van der Waals surface area contributed by atoms with E-state index in [2.05, 4.69) is 4.99 Å². The molecule has 5 heteroatoms. The van der Waals surface area contributed by atoms with Crippen LogP contribution in [0.2, 0.25) is 0 Å². The van der Waals surface area contributed by atoms with Crippen molar-refractivity contribution in [2.24, 2.45) is 4.99 Å². The van der Waals surface area contributed by atoms with Crippen molar-refractivity contribution in [2.75, 3.05) is 13.2 Å². The standard InChI is InChI=1S/C20H23NO4/c1-4-23-19-7-5-6-17(12-19)21-13-16-8-10-18(11-9-16)24-14-20(22)25-15(2)3/h5-13,15H,4,14H2,1-3H3. The van der Waals surface area contributed by atoms with Crippen molar-refractivity contribution in [3.05, 3.63) is 54.1 Å². The first-order valence-corrected chi connectivity index (χ1v) is 8.26. The number of ether oxygens (including phenoxy) is 3. The Morgan fingerprint density at radius 2 is 1.84 bits per heavy atom. The summed E-state index contributed by atoms with van der Waals surface area (Å²) in [5.74, 6) is 1.03. The molecule has 0 bridgehead atoms. The van der Waals surface area contributed by atoms with Crippen LogP contribution in [0.15, 0.2) is 53.5 Å². The third kappa shape index (κ3) is 6.67. The molecule has 0 unspecified atom stereocenters. The Labute approximate surface area is 148 Å². The van der Waals surface area contributed by atoms with Crippen LogP contribution >= 0.6 is 0 Å². The molecule has 0 radical (unpaired) electrons. The Hall–Kier alpha value is -2.82. The average molecular weight is 341 g/mol. The molecule has 0 saturated heterocycles. The summed E-state index contributed by atoms with van der Waals surface area (Å²) in [5, 5.41) is 0. The summed E-state index contributed by atoms with van der Waals surface area (Å²) < 4.78 is 15.9. The van der Waals surface area contributed by atoms with E-state index in [0.717, 1.165) is 17.0 Å². The van der Waals surface area contributed by atoms with Gasteiger partial charge < -0.3 is 14.2 Å². The largest absolute Gasteiger partial charge is 0.494 e. The molecule has 0 aliphatic heterocycles. The van der Waals surface area contributed by atoms with Gasteiger partial charge in [-0.25, -0.2) is 4.79 Å². The maximum Gasteiger partial charge on any atom is 0.344 e. The van der Waals surface area contributed by atoms with E-state index in [4.69, 9.17) is 14.2 Å². The van der Waals surface area contributed by atoms with Crippen molar-refractivity contribution in [2.45, 2.75) is 26.9 Å². The highest BCUT2D eigenvalue weighted by Gasteiger charge is 2.06. The molecule has 0 saturated carbocycles. The molecule has 2 aromatic carbocycles. The molecule has 2 aromatic rings. The smallest absolute Gasteiger partial charge is 0.344 e. The van der Waals surface area contributed by atoms with Crippen LogP contribution < -0.4 is 9.47 Å². The molecule has 132 valence electrons. The molecule has 0 spiro atoms. The summed E-state index contributed by atoms with van der Waals surface area (Å²) in [5.41, 5.74) is 1.75. The van der Waals surface area contributed by atoms with E-state index in [9.17, 15) is 4.79 Å². The maximum absolute atomic E-state index is 11.4. The predicted octanol–water partition coefficient (Wildman–Crippen LogP) is 4.17. The quantitative estimate of drug-likeness (QED) is 0.534. The monoisotopic (exact) mass is 341 g/mol. The van der Waals surface area contributed by atoms with Crippen LogP contribution in [0.25, 0.3) is 0 Å². The summed E-state index contributed by atoms with van der Waals surface area (Å²) in [6, 6.07) is 14.9. The fourth-order valence-electron chi connectivity index (χ4n) is 2.06. The average Bonchev–Trinajstić information content (AvgIpc) is 2.59. The number of aliphatic imine (C=N–C) groups is 1. The summed E-state index contributed by atoms with van der Waals surface area (Å²) in [4.78, 5) is 15.9. The van der Waals surface area contributed by atoms with Gasteiger partial charge in [-0.2, -0.15) is 0 Å². The van der Waals surface area contributed by atoms with E-state index >= 15 is 0 Å². The number of esters is 1. The SMILES string of the molecule is CCOc1cccc(N=Cc2ccc(OCC(=O)OC(C)C)cc2)c1. The predicted molar refractivity (Wildman–Crippen MR) is 98.0 cm³/mol. The van der Waals surface area contributed by atoms with Crippen LogP contribution in [0.5, 0.6) is 11.5 Å². The van der Waals surface area contributed by atoms with E-state index in [0.29, 0.717) is 12.4 Å². The molecule has 25 heavy (non-hydrogen) atoms. The van der Waals surface area contributed by atoms with Gasteiger partial charge in [-0.15, -0.1) is 0 Å². The highest BCUT2D eigenvalue weighted by molar-refractivity contribution is 5.82.